The Morgan fingerprint density at radius 2 is 0.798 bits per heavy atom. The first kappa shape index (κ1) is 58.4. The van der Waals surface area contributed by atoms with E-state index in [1.165, 1.54) is 37.5 Å². The summed E-state index contributed by atoms with van der Waals surface area (Å²) in [6.45, 7) is 5.94. The number of nitrogens with two attached hydrogens (primary N) is 1. The topological polar surface area (TPSA) is 162 Å². The van der Waals surface area contributed by atoms with Gasteiger partial charge in [-0.05, 0) is 71.0 Å². The van der Waals surface area contributed by atoms with Crippen LogP contribution in [-0.4, -0.2) is 103 Å². The number of nitrogens with zero attached hydrogens (tertiary/aromatic N) is 8. The largest absolute Gasteiger partial charge is 0.406 e. The molecule has 84 heavy (non-hydrogen) atoms. The van der Waals surface area contributed by atoms with Crippen molar-refractivity contribution in [1.29, 1.82) is 0 Å². The number of anilines is 1. The van der Waals surface area contributed by atoms with Crippen molar-refractivity contribution in [3.8, 4) is 0 Å². The molecule has 2 N–H and O–H groups in total. The van der Waals surface area contributed by atoms with Crippen molar-refractivity contribution in [2.24, 2.45) is 0 Å². The van der Waals surface area contributed by atoms with Crippen LogP contribution >= 0.6 is 0 Å². The molecule has 17 heteroatoms. The van der Waals surface area contributed by atoms with Gasteiger partial charge in [0.15, 0.2) is 0 Å². The van der Waals surface area contributed by atoms with Gasteiger partial charge < -0.3 is 20.2 Å². The highest BCUT2D eigenvalue weighted by molar-refractivity contribution is 5.78. The van der Waals surface area contributed by atoms with E-state index in [0.717, 1.165) is 33.5 Å². The maximum absolute atomic E-state index is 13.9. The Balaban J connectivity index is 1.04. The molecule has 8 aromatic rings. The monoisotopic (exact) mass is 1130 g/mol. The molecule has 434 valence electrons. The second kappa shape index (κ2) is 29.4. The molecule has 10 rings (SSSR count). The third-order valence-corrected chi connectivity index (χ3v) is 15.1. The van der Waals surface area contributed by atoms with Crippen LogP contribution in [0, 0.1) is 0 Å². The summed E-state index contributed by atoms with van der Waals surface area (Å²) in [4.78, 5) is 90.3. The van der Waals surface area contributed by atoms with Crippen LogP contribution in [-0.2, 0) is 62.1 Å². The summed E-state index contributed by atoms with van der Waals surface area (Å²) in [5.74, 6) is -0.107. The van der Waals surface area contributed by atoms with Gasteiger partial charge in [-0.2, -0.15) is 5.06 Å². The fraction of sp³-hybridized carbons (Fsp3) is 0.284. The predicted molar refractivity (Wildman–Crippen MR) is 323 cm³/mol. The molecule has 2 aliphatic rings. The number of hydrogen-bond donors (Lipinski definition) is 1. The summed E-state index contributed by atoms with van der Waals surface area (Å²) in [5, 5.41) is 1.49. The maximum Gasteiger partial charge on any atom is 0.283 e. The highest BCUT2D eigenvalue weighted by Crippen LogP contribution is 2.23. The molecule has 1 fully saturated rings. The van der Waals surface area contributed by atoms with Crippen molar-refractivity contribution < 1.29 is 24.1 Å². The number of carbonyl (C=O) groups excluding carboxylic acids is 1. The van der Waals surface area contributed by atoms with E-state index in [1.807, 2.05) is 152 Å². The molecule has 1 amide bonds. The molecular formula is C67H73N9O8. The zero-order valence-electron chi connectivity index (χ0n) is 47.4. The average molecular weight is 1130 g/mol. The molecule has 1 saturated heterocycles. The summed E-state index contributed by atoms with van der Waals surface area (Å²) < 4.78 is 4.22. The lowest BCUT2D eigenvalue weighted by atomic mass is 10.0. The lowest BCUT2D eigenvalue weighted by Crippen LogP contribution is -2.52. The molecule has 1 atom stereocenters. The van der Waals surface area contributed by atoms with Crippen molar-refractivity contribution in [2.75, 3.05) is 58.1 Å². The van der Waals surface area contributed by atoms with Gasteiger partial charge in [0.2, 0.25) is 0 Å². The van der Waals surface area contributed by atoms with Gasteiger partial charge in [-0.3, -0.25) is 43.6 Å². The number of carbonyl (C=O) groups is 1. The Kier molecular flexibility index (Phi) is 20.4. The molecule has 5 heterocycles. The lowest BCUT2D eigenvalue weighted by molar-refractivity contribution is -0.182. The Morgan fingerprint density at radius 3 is 1.25 bits per heavy atom. The zero-order chi connectivity index (χ0) is 57.9. The molecule has 0 bridgehead atoms. The van der Waals surface area contributed by atoms with Crippen LogP contribution in [0.1, 0.15) is 57.7 Å². The normalized spacial score (nSPS) is 16.1. The van der Waals surface area contributed by atoms with Crippen LogP contribution in [0.2, 0.25) is 0 Å². The van der Waals surface area contributed by atoms with Crippen molar-refractivity contribution in [1.82, 2.24) is 38.9 Å². The second-order valence-corrected chi connectivity index (χ2v) is 21.3. The summed E-state index contributed by atoms with van der Waals surface area (Å²) in [7, 11) is 0. The minimum Gasteiger partial charge on any atom is -0.406 e. The summed E-state index contributed by atoms with van der Waals surface area (Å²) in [5.41, 5.74) is 13.7. The third kappa shape index (κ3) is 16.5. The van der Waals surface area contributed by atoms with E-state index >= 15 is 0 Å². The number of allylic oxidation sites excluding steroid dienone is 1. The van der Waals surface area contributed by atoms with Crippen molar-refractivity contribution in [3.63, 3.8) is 0 Å². The maximum atomic E-state index is 13.9. The number of rotatable bonds is 22. The van der Waals surface area contributed by atoms with E-state index in [9.17, 15) is 19.2 Å². The molecule has 3 aromatic heterocycles. The Hall–Kier alpha value is -8.84. The van der Waals surface area contributed by atoms with E-state index in [4.69, 9.17) is 25.1 Å². The van der Waals surface area contributed by atoms with Gasteiger partial charge in [-0.25, -0.2) is 0 Å². The molecule has 0 radical (unpaired) electrons. The van der Waals surface area contributed by atoms with Gasteiger partial charge in [-0.1, -0.05) is 158 Å². The van der Waals surface area contributed by atoms with E-state index in [0.29, 0.717) is 114 Å². The first-order valence-corrected chi connectivity index (χ1v) is 28.8. The van der Waals surface area contributed by atoms with Gasteiger partial charge in [0, 0.05) is 108 Å². The van der Waals surface area contributed by atoms with E-state index in [1.54, 1.807) is 18.2 Å². The molecule has 0 spiro atoms. The molecule has 17 nitrogen and oxygen atoms in total. The number of amides is 1. The Bertz CT molecular complexity index is 3580. The summed E-state index contributed by atoms with van der Waals surface area (Å²) in [6.07, 6.45) is 3.60. The molecule has 1 unspecified atom stereocenters. The van der Waals surface area contributed by atoms with Gasteiger partial charge in [0.25, 0.3) is 22.6 Å². The molecule has 0 saturated carbocycles. The smallest absolute Gasteiger partial charge is 0.283 e. The van der Waals surface area contributed by atoms with Crippen LogP contribution in [0.3, 0.4) is 0 Å². The van der Waals surface area contributed by atoms with Crippen molar-refractivity contribution in [2.45, 2.75) is 71.4 Å². The first-order valence-electron chi connectivity index (χ1n) is 28.8. The van der Waals surface area contributed by atoms with Crippen molar-refractivity contribution in [3.05, 3.63) is 288 Å². The fourth-order valence-corrected chi connectivity index (χ4v) is 10.6. The summed E-state index contributed by atoms with van der Waals surface area (Å²) >= 11 is 0. The standard InChI is InChI=1S/C67H73N9O8/c68-58-35-33-53(34-36-58)43-63-47-71(46-61-27-15-31-66(79)75(61)83-51-56-21-9-3-10-22-56)40-39-69(44-59-25-13-29-64(77)73(59)81-49-54-17-5-1-6-18-54)37-38-70(45-60-26-14-30-65(78)74(60)82-50-55-19-7-2-8-20-55)41-42-72(63)48-62-28-16-32-67(80)76(62)84-52-57-23-11-4-12-24-57/h1-14,16-30,32-36,63H,15,31,37-52,68H2. The number of nitrogen functional groups attached to an aromatic ring is 1. The Morgan fingerprint density at radius 1 is 0.393 bits per heavy atom. The van der Waals surface area contributed by atoms with Crippen LogP contribution in [0.25, 0.3) is 0 Å². The molecule has 5 aromatic carbocycles. The third-order valence-electron chi connectivity index (χ3n) is 15.1. The van der Waals surface area contributed by atoms with Gasteiger partial charge >= 0.3 is 0 Å². The van der Waals surface area contributed by atoms with E-state index in [-0.39, 0.29) is 55.1 Å². The summed E-state index contributed by atoms with van der Waals surface area (Å²) in [6, 6.07) is 62.6. The second-order valence-electron chi connectivity index (χ2n) is 21.3. The Labute approximate surface area is 490 Å². The minimum absolute atomic E-state index is 0.107. The van der Waals surface area contributed by atoms with Crippen LogP contribution in [0.4, 0.5) is 5.69 Å². The molecule has 2 aliphatic heterocycles. The molecule has 0 aliphatic carbocycles. The predicted octanol–water partition coefficient (Wildman–Crippen LogP) is 7.01. The van der Waals surface area contributed by atoms with E-state index in [2.05, 4.69) is 37.8 Å². The van der Waals surface area contributed by atoms with Gasteiger partial charge in [-0.15, -0.1) is 14.2 Å². The minimum atomic E-state index is -0.285. The van der Waals surface area contributed by atoms with Crippen LogP contribution in [0.5, 0.6) is 0 Å². The molecular weight excluding hydrogens is 1060 g/mol. The number of aromatic nitrogens is 3. The first-order chi connectivity index (χ1) is 41.2. The number of hydrogen-bond acceptors (Lipinski definition) is 13. The number of pyridine rings is 3. The SMILES string of the molecule is Nc1ccc(CC2CN(CC3=CCCC(=O)N3OCc3ccccc3)CCN(Cc3cccc(=O)n3OCc3ccccc3)CCN(Cc3cccc(=O)n3OCc3ccccc3)CCN2Cc2cccc(=O)n2OCc2ccccc2)cc1. The zero-order valence-corrected chi connectivity index (χ0v) is 47.4. The number of hydroxylamine groups is 2. The highest BCUT2D eigenvalue weighted by atomic mass is 16.7. The fourth-order valence-electron chi connectivity index (χ4n) is 10.6. The lowest BCUT2D eigenvalue weighted by Gasteiger charge is -2.40. The quantitative estimate of drug-likeness (QED) is 0.0691. The number of benzene rings is 5. The van der Waals surface area contributed by atoms with Crippen LogP contribution < -0.4 is 36.9 Å². The van der Waals surface area contributed by atoms with Gasteiger partial charge in [0.1, 0.15) is 26.4 Å². The van der Waals surface area contributed by atoms with Crippen LogP contribution in [0.15, 0.2) is 226 Å². The average Bonchev–Trinajstić information content (AvgIpc) is 3.68. The van der Waals surface area contributed by atoms with Gasteiger partial charge in [0.05, 0.1) is 22.8 Å². The van der Waals surface area contributed by atoms with Crippen molar-refractivity contribution >= 4 is 11.6 Å². The van der Waals surface area contributed by atoms with E-state index < -0.39 is 0 Å². The highest BCUT2D eigenvalue weighted by Gasteiger charge is 2.30.